The summed E-state index contributed by atoms with van der Waals surface area (Å²) in [6, 6.07) is 10.8. The van der Waals surface area contributed by atoms with Crippen molar-refractivity contribution in [3.05, 3.63) is 78.9 Å². The van der Waals surface area contributed by atoms with E-state index in [-0.39, 0.29) is 22.0 Å². The number of rotatable bonds is 5. The molecule has 0 bridgehead atoms. The third-order valence-electron chi connectivity index (χ3n) is 3.20. The van der Waals surface area contributed by atoms with Gasteiger partial charge >= 0.3 is 0 Å². The van der Waals surface area contributed by atoms with Crippen LogP contribution < -0.4 is 5.32 Å². The fourth-order valence-corrected chi connectivity index (χ4v) is 2.20. The fraction of sp³-hybridized carbons (Fsp3) is 0. The number of halogens is 1. The van der Waals surface area contributed by atoms with E-state index in [1.807, 2.05) is 0 Å². The molecule has 9 nitrogen and oxygen atoms in total. The fourth-order valence-electron chi connectivity index (χ4n) is 2.01. The van der Waals surface area contributed by atoms with Gasteiger partial charge in [-0.15, -0.1) is 0 Å². The monoisotopic (exact) mass is 372 g/mol. The quantitative estimate of drug-likeness (QED) is 0.367. The number of carbonyl (C=O) groups excluding carboxylic acids is 1. The molecule has 0 saturated carbocycles. The Morgan fingerprint density at radius 1 is 1.12 bits per heavy atom. The van der Waals surface area contributed by atoms with Gasteiger partial charge in [-0.2, -0.15) is 5.26 Å². The van der Waals surface area contributed by atoms with E-state index in [1.54, 1.807) is 6.07 Å². The van der Waals surface area contributed by atoms with E-state index in [9.17, 15) is 30.3 Å². The highest BCUT2D eigenvalue weighted by atomic mass is 35.5. The van der Waals surface area contributed by atoms with E-state index < -0.39 is 27.0 Å². The third kappa shape index (κ3) is 4.19. The van der Waals surface area contributed by atoms with Crippen LogP contribution in [0.25, 0.3) is 6.08 Å². The Morgan fingerprint density at radius 2 is 1.77 bits per heavy atom. The number of hydrogen-bond acceptors (Lipinski definition) is 6. The number of para-hydroxylation sites is 1. The standard InChI is InChI=1S/C16H9ClN4O5/c17-13-6-5-12(8-15(13)21(25)26)19-16(22)11(9-18)7-10-3-1-2-4-14(10)20(23)24/h1-8H,(H,19,22)/b11-7+. The number of nitro groups is 2. The number of nitriles is 1. The number of anilines is 1. The van der Waals surface area contributed by atoms with Gasteiger partial charge in [0, 0.05) is 17.8 Å². The van der Waals surface area contributed by atoms with E-state index in [1.165, 1.54) is 36.4 Å². The van der Waals surface area contributed by atoms with Gasteiger partial charge in [0.1, 0.15) is 16.7 Å². The van der Waals surface area contributed by atoms with Gasteiger partial charge in [-0.1, -0.05) is 23.7 Å². The maximum absolute atomic E-state index is 12.2. The SMILES string of the molecule is N#C/C(=C\c1ccccc1[N+](=O)[O-])C(=O)Nc1ccc(Cl)c([N+](=O)[O-])c1. The Labute approximate surface area is 151 Å². The Balaban J connectivity index is 2.34. The average Bonchev–Trinajstić information content (AvgIpc) is 2.61. The average molecular weight is 373 g/mol. The zero-order valence-corrected chi connectivity index (χ0v) is 13.6. The second-order valence-electron chi connectivity index (χ2n) is 4.86. The van der Waals surface area contributed by atoms with Gasteiger partial charge < -0.3 is 5.32 Å². The molecular formula is C16H9ClN4O5. The molecule has 0 aromatic heterocycles. The number of nitro benzene ring substituents is 2. The van der Waals surface area contributed by atoms with Crippen LogP contribution in [0.2, 0.25) is 5.02 Å². The van der Waals surface area contributed by atoms with Crippen molar-refractivity contribution in [1.82, 2.24) is 0 Å². The molecule has 26 heavy (non-hydrogen) atoms. The van der Waals surface area contributed by atoms with Gasteiger partial charge in [0.25, 0.3) is 17.3 Å². The number of nitrogens with zero attached hydrogens (tertiary/aromatic N) is 3. The zero-order chi connectivity index (χ0) is 19.3. The highest BCUT2D eigenvalue weighted by molar-refractivity contribution is 6.32. The molecular weight excluding hydrogens is 364 g/mol. The normalized spacial score (nSPS) is 10.7. The summed E-state index contributed by atoms with van der Waals surface area (Å²) in [5.74, 6) is -0.873. The van der Waals surface area contributed by atoms with Crippen LogP contribution in [0.1, 0.15) is 5.56 Å². The molecule has 0 radical (unpaired) electrons. The predicted molar refractivity (Wildman–Crippen MR) is 93.4 cm³/mol. The van der Waals surface area contributed by atoms with Crippen LogP contribution in [0.15, 0.2) is 48.0 Å². The molecule has 0 aliphatic carbocycles. The molecule has 1 amide bonds. The lowest BCUT2D eigenvalue weighted by molar-refractivity contribution is -0.385. The summed E-state index contributed by atoms with van der Waals surface area (Å²) >= 11 is 5.69. The first kappa shape index (κ1) is 18.6. The molecule has 0 spiro atoms. The topological polar surface area (TPSA) is 139 Å². The van der Waals surface area contributed by atoms with E-state index in [0.29, 0.717) is 0 Å². The van der Waals surface area contributed by atoms with Crippen LogP contribution >= 0.6 is 11.6 Å². The molecule has 0 aliphatic rings. The number of carbonyl (C=O) groups is 1. The first-order chi connectivity index (χ1) is 12.3. The van der Waals surface area contributed by atoms with E-state index in [4.69, 9.17) is 11.6 Å². The number of hydrogen-bond donors (Lipinski definition) is 1. The molecule has 0 aliphatic heterocycles. The van der Waals surface area contributed by atoms with Crippen molar-refractivity contribution >= 4 is 40.6 Å². The number of nitrogens with one attached hydrogen (secondary N) is 1. The Morgan fingerprint density at radius 3 is 2.38 bits per heavy atom. The molecule has 0 heterocycles. The van der Waals surface area contributed by atoms with Gasteiger partial charge in [-0.3, -0.25) is 25.0 Å². The maximum Gasteiger partial charge on any atom is 0.289 e. The van der Waals surface area contributed by atoms with Crippen LogP contribution in [0.5, 0.6) is 0 Å². The van der Waals surface area contributed by atoms with Gasteiger partial charge in [-0.05, 0) is 24.3 Å². The molecule has 0 atom stereocenters. The van der Waals surface area contributed by atoms with Crippen LogP contribution in [0, 0.1) is 31.6 Å². The second kappa shape index (κ2) is 7.87. The lowest BCUT2D eigenvalue weighted by Crippen LogP contribution is -2.13. The van der Waals surface area contributed by atoms with Crippen molar-refractivity contribution in [2.24, 2.45) is 0 Å². The third-order valence-corrected chi connectivity index (χ3v) is 3.52. The summed E-state index contributed by atoms with van der Waals surface area (Å²) in [7, 11) is 0. The molecule has 0 unspecified atom stereocenters. The van der Waals surface area contributed by atoms with E-state index >= 15 is 0 Å². The van der Waals surface area contributed by atoms with Gasteiger partial charge in [-0.25, -0.2) is 0 Å². The van der Waals surface area contributed by atoms with Crippen molar-refractivity contribution in [2.45, 2.75) is 0 Å². The van der Waals surface area contributed by atoms with Crippen LogP contribution in [0.4, 0.5) is 17.1 Å². The summed E-state index contributed by atoms with van der Waals surface area (Å²) in [4.78, 5) is 32.7. The van der Waals surface area contributed by atoms with Gasteiger partial charge in [0.15, 0.2) is 0 Å². The first-order valence-corrected chi connectivity index (χ1v) is 7.31. The Bertz CT molecular complexity index is 981. The van der Waals surface area contributed by atoms with Crippen molar-refractivity contribution in [1.29, 1.82) is 5.26 Å². The Kier molecular flexibility index (Phi) is 5.62. The number of amides is 1. The molecule has 2 aromatic carbocycles. The minimum absolute atomic E-state index is 0.0508. The van der Waals surface area contributed by atoms with Crippen LogP contribution in [-0.2, 0) is 4.79 Å². The summed E-state index contributed by atoms with van der Waals surface area (Å²) in [5.41, 5.74) is -0.959. The zero-order valence-electron chi connectivity index (χ0n) is 12.9. The largest absolute Gasteiger partial charge is 0.321 e. The minimum Gasteiger partial charge on any atom is -0.321 e. The van der Waals surface area contributed by atoms with Gasteiger partial charge in [0.05, 0.1) is 15.4 Å². The lowest BCUT2D eigenvalue weighted by atomic mass is 10.1. The van der Waals surface area contributed by atoms with Crippen molar-refractivity contribution in [2.75, 3.05) is 5.32 Å². The van der Waals surface area contributed by atoms with Crippen LogP contribution in [0.3, 0.4) is 0 Å². The van der Waals surface area contributed by atoms with Crippen molar-refractivity contribution < 1.29 is 14.6 Å². The van der Waals surface area contributed by atoms with Crippen molar-refractivity contribution in [3.8, 4) is 6.07 Å². The summed E-state index contributed by atoms with van der Waals surface area (Å²) in [6.07, 6.45) is 1.07. The highest BCUT2D eigenvalue weighted by Crippen LogP contribution is 2.28. The van der Waals surface area contributed by atoms with E-state index in [0.717, 1.165) is 12.1 Å². The highest BCUT2D eigenvalue weighted by Gasteiger charge is 2.17. The van der Waals surface area contributed by atoms with E-state index in [2.05, 4.69) is 5.32 Å². The summed E-state index contributed by atoms with van der Waals surface area (Å²) in [5, 5.41) is 33.3. The first-order valence-electron chi connectivity index (χ1n) is 6.94. The number of benzene rings is 2. The summed E-state index contributed by atoms with van der Waals surface area (Å²) in [6.45, 7) is 0. The summed E-state index contributed by atoms with van der Waals surface area (Å²) < 4.78 is 0. The molecule has 0 saturated heterocycles. The molecule has 10 heteroatoms. The maximum atomic E-state index is 12.2. The lowest BCUT2D eigenvalue weighted by Gasteiger charge is -2.05. The molecule has 2 rings (SSSR count). The minimum atomic E-state index is -0.873. The molecule has 1 N–H and O–H groups in total. The molecule has 2 aromatic rings. The molecule has 0 fully saturated rings. The smallest absolute Gasteiger partial charge is 0.289 e. The van der Waals surface area contributed by atoms with Crippen molar-refractivity contribution in [3.63, 3.8) is 0 Å². The van der Waals surface area contributed by atoms with Crippen LogP contribution in [-0.4, -0.2) is 15.8 Å². The molecule has 130 valence electrons. The van der Waals surface area contributed by atoms with Gasteiger partial charge in [0.2, 0.25) is 0 Å². The second-order valence-corrected chi connectivity index (χ2v) is 5.27. The predicted octanol–water partition coefficient (Wildman–Crippen LogP) is 3.70. The Hall–Kier alpha value is -3.77.